The molecule has 2 N–H and O–H groups in total. The largest absolute Gasteiger partial charge is 0.478 e. The maximum atomic E-state index is 12.8. The number of dihydropyridines is 1. The zero-order chi connectivity index (χ0) is 21.0. The number of carboxylic acid groups (broad SMARTS) is 1. The summed E-state index contributed by atoms with van der Waals surface area (Å²) in [5, 5.41) is 23.8. The van der Waals surface area contributed by atoms with Crippen molar-refractivity contribution in [2.24, 2.45) is 0 Å². The van der Waals surface area contributed by atoms with E-state index in [0.29, 0.717) is 23.5 Å². The molecule has 0 fully saturated rings. The van der Waals surface area contributed by atoms with Gasteiger partial charge in [-0.15, -0.1) is 0 Å². The molecule has 1 aromatic rings. The van der Waals surface area contributed by atoms with Crippen molar-refractivity contribution in [3.8, 4) is 0 Å². The zero-order valence-electron chi connectivity index (χ0n) is 16.2. The van der Waals surface area contributed by atoms with Crippen LogP contribution >= 0.6 is 0 Å². The summed E-state index contributed by atoms with van der Waals surface area (Å²) in [4.78, 5) is 37.2. The standard InChI is InChI=1S/C19H23N3O6/c1-11-15(18(23)24)17(13-6-5-7-14(10-13)22(26)27)16(12(2)20-11)19(25)28-9-8-21(3)4/h5-7,10,17,20H,8-9H2,1-4H3,(H,23,24)/t17-/m0/s1. The van der Waals surface area contributed by atoms with E-state index in [0.717, 1.165) is 0 Å². The summed E-state index contributed by atoms with van der Waals surface area (Å²) in [5.74, 6) is -2.85. The Morgan fingerprint density at radius 3 is 2.46 bits per heavy atom. The molecule has 0 saturated carbocycles. The van der Waals surface area contributed by atoms with Gasteiger partial charge in [0.05, 0.1) is 22.0 Å². The van der Waals surface area contributed by atoms with Crippen LogP contribution in [-0.2, 0) is 14.3 Å². The van der Waals surface area contributed by atoms with Crippen molar-refractivity contribution in [3.63, 3.8) is 0 Å². The van der Waals surface area contributed by atoms with Gasteiger partial charge in [-0.1, -0.05) is 12.1 Å². The molecule has 0 amide bonds. The molecule has 0 unspecified atom stereocenters. The highest BCUT2D eigenvalue weighted by Gasteiger charge is 2.37. The van der Waals surface area contributed by atoms with Gasteiger partial charge in [0.25, 0.3) is 5.69 Å². The molecule has 0 saturated heterocycles. The lowest BCUT2D eigenvalue weighted by Crippen LogP contribution is -2.32. The number of carboxylic acids is 1. The van der Waals surface area contributed by atoms with E-state index < -0.39 is 22.8 Å². The second-order valence-corrected chi connectivity index (χ2v) is 6.73. The van der Waals surface area contributed by atoms with Crippen LogP contribution in [0.1, 0.15) is 25.3 Å². The summed E-state index contributed by atoms with van der Waals surface area (Å²) in [6.07, 6.45) is 0. The van der Waals surface area contributed by atoms with Gasteiger partial charge in [0.15, 0.2) is 0 Å². The number of esters is 1. The topological polar surface area (TPSA) is 122 Å². The van der Waals surface area contributed by atoms with Crippen molar-refractivity contribution >= 4 is 17.6 Å². The van der Waals surface area contributed by atoms with E-state index in [2.05, 4.69) is 5.32 Å². The van der Waals surface area contributed by atoms with Crippen molar-refractivity contribution in [1.29, 1.82) is 0 Å². The minimum Gasteiger partial charge on any atom is -0.478 e. The van der Waals surface area contributed by atoms with Crippen LogP contribution in [-0.4, -0.2) is 54.1 Å². The molecule has 9 heteroatoms. The number of likely N-dealkylation sites (N-methyl/N-ethyl adjacent to an activating group) is 1. The lowest BCUT2D eigenvalue weighted by atomic mass is 9.80. The highest BCUT2D eigenvalue weighted by Crippen LogP contribution is 2.39. The van der Waals surface area contributed by atoms with Gasteiger partial charge < -0.3 is 20.1 Å². The van der Waals surface area contributed by atoms with Gasteiger partial charge in [-0.3, -0.25) is 10.1 Å². The summed E-state index contributed by atoms with van der Waals surface area (Å²) in [6, 6.07) is 5.63. The smallest absolute Gasteiger partial charge is 0.336 e. The minimum atomic E-state index is -1.22. The maximum Gasteiger partial charge on any atom is 0.336 e. The van der Waals surface area contributed by atoms with Gasteiger partial charge in [-0.25, -0.2) is 9.59 Å². The fourth-order valence-corrected chi connectivity index (χ4v) is 3.10. The Kier molecular flexibility index (Phi) is 6.53. The molecular weight excluding hydrogens is 366 g/mol. The van der Waals surface area contributed by atoms with Crippen LogP contribution in [0.2, 0.25) is 0 Å². The number of ether oxygens (including phenoxy) is 1. The quantitative estimate of drug-likeness (QED) is 0.413. The molecule has 1 heterocycles. The third-order valence-electron chi connectivity index (χ3n) is 4.40. The van der Waals surface area contributed by atoms with Crippen molar-refractivity contribution in [3.05, 3.63) is 62.5 Å². The molecule has 0 aromatic heterocycles. The van der Waals surface area contributed by atoms with Crippen LogP contribution in [0.3, 0.4) is 0 Å². The molecular formula is C19H23N3O6. The van der Waals surface area contributed by atoms with Gasteiger partial charge in [-0.05, 0) is 33.5 Å². The number of nitro groups is 1. The average molecular weight is 389 g/mol. The van der Waals surface area contributed by atoms with Crippen molar-refractivity contribution < 1.29 is 24.4 Å². The number of nitrogens with zero attached hydrogens (tertiary/aromatic N) is 2. The van der Waals surface area contributed by atoms with Crippen LogP contribution in [0.25, 0.3) is 0 Å². The van der Waals surface area contributed by atoms with Crippen molar-refractivity contribution in [2.75, 3.05) is 27.2 Å². The molecule has 0 radical (unpaired) electrons. The molecule has 0 aliphatic carbocycles. The molecule has 0 spiro atoms. The van der Waals surface area contributed by atoms with E-state index in [1.165, 1.54) is 18.2 Å². The summed E-state index contributed by atoms with van der Waals surface area (Å²) >= 11 is 0. The van der Waals surface area contributed by atoms with Gasteiger partial charge in [0, 0.05) is 30.1 Å². The Balaban J connectivity index is 2.53. The maximum absolute atomic E-state index is 12.8. The summed E-state index contributed by atoms with van der Waals surface area (Å²) in [7, 11) is 3.67. The molecule has 2 rings (SSSR count). The van der Waals surface area contributed by atoms with E-state index in [4.69, 9.17) is 4.74 Å². The normalized spacial score (nSPS) is 16.8. The number of carbonyl (C=O) groups excluding carboxylic acids is 1. The third kappa shape index (κ3) is 4.55. The fourth-order valence-electron chi connectivity index (χ4n) is 3.10. The molecule has 1 aromatic carbocycles. The number of hydrogen-bond donors (Lipinski definition) is 2. The number of allylic oxidation sites excluding steroid dienone is 2. The predicted molar refractivity (Wildman–Crippen MR) is 102 cm³/mol. The van der Waals surface area contributed by atoms with Crippen molar-refractivity contribution in [1.82, 2.24) is 10.2 Å². The Morgan fingerprint density at radius 2 is 1.89 bits per heavy atom. The van der Waals surface area contributed by atoms with Gasteiger partial charge in [-0.2, -0.15) is 0 Å². The highest BCUT2D eigenvalue weighted by molar-refractivity contribution is 5.99. The molecule has 9 nitrogen and oxygen atoms in total. The highest BCUT2D eigenvalue weighted by atomic mass is 16.6. The molecule has 150 valence electrons. The number of hydrogen-bond acceptors (Lipinski definition) is 7. The molecule has 0 bridgehead atoms. The summed E-state index contributed by atoms with van der Waals surface area (Å²) < 4.78 is 5.33. The van der Waals surface area contributed by atoms with E-state index >= 15 is 0 Å². The first kappa shape index (κ1) is 21.1. The molecule has 28 heavy (non-hydrogen) atoms. The van der Waals surface area contributed by atoms with Gasteiger partial charge >= 0.3 is 11.9 Å². The van der Waals surface area contributed by atoms with Crippen molar-refractivity contribution in [2.45, 2.75) is 19.8 Å². The first-order valence-corrected chi connectivity index (χ1v) is 8.61. The molecule has 1 atom stereocenters. The lowest BCUT2D eigenvalue weighted by Gasteiger charge is -2.29. The van der Waals surface area contributed by atoms with Crippen LogP contribution in [0, 0.1) is 10.1 Å². The van der Waals surface area contributed by atoms with E-state index in [1.807, 2.05) is 19.0 Å². The second kappa shape index (κ2) is 8.66. The minimum absolute atomic E-state index is 0.0503. The number of benzene rings is 1. The molecule has 1 aliphatic heterocycles. The van der Waals surface area contributed by atoms with Gasteiger partial charge in [0.2, 0.25) is 0 Å². The predicted octanol–water partition coefficient (Wildman–Crippen LogP) is 2.02. The van der Waals surface area contributed by atoms with E-state index in [1.54, 1.807) is 19.9 Å². The van der Waals surface area contributed by atoms with Gasteiger partial charge in [0.1, 0.15) is 6.61 Å². The van der Waals surface area contributed by atoms with E-state index in [9.17, 15) is 24.8 Å². The fraction of sp³-hybridized carbons (Fsp3) is 0.368. The molecule has 1 aliphatic rings. The number of carbonyl (C=O) groups is 2. The van der Waals surface area contributed by atoms with Crippen LogP contribution in [0.15, 0.2) is 46.8 Å². The first-order chi connectivity index (χ1) is 13.1. The van der Waals surface area contributed by atoms with Crippen LogP contribution in [0.5, 0.6) is 0 Å². The first-order valence-electron chi connectivity index (χ1n) is 8.61. The Morgan fingerprint density at radius 1 is 1.25 bits per heavy atom. The Labute approximate surface area is 162 Å². The van der Waals surface area contributed by atoms with E-state index in [-0.39, 0.29) is 23.4 Å². The summed E-state index contributed by atoms with van der Waals surface area (Å²) in [5.41, 5.74) is 1.05. The zero-order valence-corrected chi connectivity index (χ0v) is 16.2. The number of rotatable bonds is 7. The number of non-ortho nitro benzene ring substituents is 1. The SMILES string of the molecule is CC1=C(C(=O)O)[C@H](c2cccc([N+](=O)[O-])c2)C(C(=O)OCCN(C)C)=C(C)N1. The van der Waals surface area contributed by atoms with Crippen LogP contribution < -0.4 is 5.32 Å². The number of nitro benzene ring substituents is 1. The number of aliphatic carboxylic acids is 1. The Hall–Kier alpha value is -3.20. The number of nitrogens with one attached hydrogen (secondary N) is 1. The lowest BCUT2D eigenvalue weighted by molar-refractivity contribution is -0.384. The second-order valence-electron chi connectivity index (χ2n) is 6.73. The Bertz CT molecular complexity index is 872. The average Bonchev–Trinajstić information content (AvgIpc) is 2.60. The summed E-state index contributed by atoms with van der Waals surface area (Å²) in [6.45, 7) is 3.88. The van der Waals surface area contributed by atoms with Crippen LogP contribution in [0.4, 0.5) is 5.69 Å². The monoisotopic (exact) mass is 389 g/mol. The third-order valence-corrected chi connectivity index (χ3v) is 4.40.